The van der Waals surface area contributed by atoms with Gasteiger partial charge in [-0.1, -0.05) is 34.6 Å². The number of hydrogen-bond acceptors (Lipinski definition) is 3. The molecule has 2 aromatic rings. The molecule has 1 aliphatic carbocycles. The van der Waals surface area contributed by atoms with Crippen LogP contribution in [0.1, 0.15) is 70.7 Å². The highest BCUT2D eigenvalue weighted by molar-refractivity contribution is 6.07. The molecule has 1 aromatic carbocycles. The van der Waals surface area contributed by atoms with Crippen LogP contribution in [0, 0.1) is 0 Å². The number of aryl methyl sites for hydroxylation is 1. The first kappa shape index (κ1) is 17.6. The SMILES string of the molecule is CC.CC(C)(C)c1cc2[nH]c3c(c2cc1N)CCCC1=CNN=C3C1. The van der Waals surface area contributed by atoms with Gasteiger partial charge in [0.25, 0.3) is 0 Å². The summed E-state index contributed by atoms with van der Waals surface area (Å²) in [5, 5.41) is 5.76. The molecular weight excluding hydrogens is 308 g/mol. The Hall–Kier alpha value is -2.23. The lowest BCUT2D eigenvalue weighted by Gasteiger charge is -2.21. The van der Waals surface area contributed by atoms with Crippen LogP contribution in [0.15, 0.2) is 29.0 Å². The van der Waals surface area contributed by atoms with Crippen molar-refractivity contribution in [1.82, 2.24) is 10.4 Å². The summed E-state index contributed by atoms with van der Waals surface area (Å²) in [5.41, 5.74) is 17.8. The molecule has 2 bridgehead atoms. The smallest absolute Gasteiger partial charge is 0.0885 e. The quantitative estimate of drug-likeness (QED) is 0.592. The maximum absolute atomic E-state index is 6.37. The predicted octanol–water partition coefficient (Wildman–Crippen LogP) is 4.99. The summed E-state index contributed by atoms with van der Waals surface area (Å²) in [4.78, 5) is 3.63. The number of aromatic nitrogens is 1. The van der Waals surface area contributed by atoms with Gasteiger partial charge in [-0.05, 0) is 53.5 Å². The zero-order valence-electron chi connectivity index (χ0n) is 16.1. The van der Waals surface area contributed by atoms with E-state index in [1.807, 2.05) is 20.0 Å². The first-order chi connectivity index (χ1) is 11.9. The van der Waals surface area contributed by atoms with E-state index in [9.17, 15) is 0 Å². The molecule has 0 radical (unpaired) electrons. The minimum absolute atomic E-state index is 0.0392. The highest BCUT2D eigenvalue weighted by Gasteiger charge is 2.24. The molecule has 2 heterocycles. The van der Waals surface area contributed by atoms with Gasteiger partial charge >= 0.3 is 0 Å². The Morgan fingerprint density at radius 1 is 1.12 bits per heavy atom. The topological polar surface area (TPSA) is 66.2 Å². The van der Waals surface area contributed by atoms with E-state index in [0.29, 0.717) is 0 Å². The van der Waals surface area contributed by atoms with Crippen LogP contribution in [0.5, 0.6) is 0 Å². The maximum Gasteiger partial charge on any atom is 0.0885 e. The van der Waals surface area contributed by atoms with E-state index in [0.717, 1.165) is 30.7 Å². The van der Waals surface area contributed by atoms with Gasteiger partial charge in [-0.3, -0.25) is 5.43 Å². The van der Waals surface area contributed by atoms with Crippen molar-refractivity contribution in [3.8, 4) is 0 Å². The van der Waals surface area contributed by atoms with Gasteiger partial charge in [0.05, 0.1) is 11.4 Å². The molecule has 134 valence electrons. The van der Waals surface area contributed by atoms with Crippen molar-refractivity contribution in [1.29, 1.82) is 0 Å². The number of benzene rings is 1. The monoisotopic (exact) mass is 338 g/mol. The molecular formula is C21H30N4. The third-order valence-electron chi connectivity index (χ3n) is 4.96. The lowest BCUT2D eigenvalue weighted by molar-refractivity contribution is 0.593. The Bertz CT molecular complexity index is 847. The molecule has 0 amide bonds. The number of hydrazone groups is 1. The van der Waals surface area contributed by atoms with E-state index in [1.165, 1.54) is 39.7 Å². The molecule has 0 unspecified atom stereocenters. The highest BCUT2D eigenvalue weighted by Crippen LogP contribution is 2.36. The minimum atomic E-state index is 0.0392. The van der Waals surface area contributed by atoms with Crippen molar-refractivity contribution in [2.24, 2.45) is 5.10 Å². The molecule has 4 rings (SSSR count). The minimum Gasteiger partial charge on any atom is -0.398 e. The van der Waals surface area contributed by atoms with Crippen molar-refractivity contribution in [3.05, 3.63) is 40.7 Å². The molecule has 0 spiro atoms. The standard InChI is InChI=1S/C19H24N4.C2H6/c1-19(2,3)14-9-16-13(8-15(14)20)12-6-4-5-11-7-17(18(12)22-16)23-21-10-11;1-2/h8-10,21-22H,4-7,20H2,1-3H3;1-2H3. The van der Waals surface area contributed by atoms with Crippen LogP contribution in [0.3, 0.4) is 0 Å². The Kier molecular flexibility index (Phi) is 4.63. The summed E-state index contributed by atoms with van der Waals surface area (Å²) in [7, 11) is 0. The molecule has 25 heavy (non-hydrogen) atoms. The molecule has 4 nitrogen and oxygen atoms in total. The molecule has 2 aliphatic rings. The van der Waals surface area contributed by atoms with E-state index in [1.54, 1.807) is 0 Å². The average molecular weight is 338 g/mol. The second-order valence-corrected chi connectivity index (χ2v) is 7.73. The molecule has 0 saturated carbocycles. The van der Waals surface area contributed by atoms with Crippen molar-refractivity contribution in [3.63, 3.8) is 0 Å². The second-order valence-electron chi connectivity index (χ2n) is 7.73. The average Bonchev–Trinajstić information content (AvgIpc) is 2.92. The third-order valence-corrected chi connectivity index (χ3v) is 4.96. The highest BCUT2D eigenvalue weighted by atomic mass is 15.3. The van der Waals surface area contributed by atoms with Crippen molar-refractivity contribution in [2.75, 3.05) is 5.73 Å². The number of nitrogens with one attached hydrogen (secondary N) is 2. The van der Waals surface area contributed by atoms with Crippen molar-refractivity contribution >= 4 is 22.3 Å². The van der Waals surface area contributed by atoms with Crippen LogP contribution < -0.4 is 11.2 Å². The first-order valence-corrected chi connectivity index (χ1v) is 9.38. The predicted molar refractivity (Wildman–Crippen MR) is 108 cm³/mol. The van der Waals surface area contributed by atoms with Gasteiger partial charge in [0.15, 0.2) is 0 Å². The third kappa shape index (κ3) is 3.17. The zero-order chi connectivity index (χ0) is 18.2. The van der Waals surface area contributed by atoms with Gasteiger partial charge in [0.2, 0.25) is 0 Å². The number of fused-ring (bicyclic) bond motifs is 6. The zero-order valence-corrected chi connectivity index (χ0v) is 16.1. The van der Waals surface area contributed by atoms with Gasteiger partial charge in [-0.25, -0.2) is 0 Å². The van der Waals surface area contributed by atoms with Crippen molar-refractivity contribution < 1.29 is 0 Å². The van der Waals surface area contributed by atoms with E-state index in [2.05, 4.69) is 48.4 Å². The number of aromatic amines is 1. The van der Waals surface area contributed by atoms with E-state index >= 15 is 0 Å². The van der Waals surface area contributed by atoms with Gasteiger partial charge in [0, 0.05) is 29.2 Å². The second kappa shape index (κ2) is 6.58. The molecule has 1 aliphatic heterocycles. The number of nitrogens with two attached hydrogens (primary N) is 1. The summed E-state index contributed by atoms with van der Waals surface area (Å²) < 4.78 is 0. The Morgan fingerprint density at radius 3 is 2.60 bits per heavy atom. The Morgan fingerprint density at radius 2 is 1.88 bits per heavy atom. The fourth-order valence-electron chi connectivity index (χ4n) is 3.77. The normalized spacial score (nSPS) is 16.5. The van der Waals surface area contributed by atoms with Crippen LogP contribution in [-0.2, 0) is 11.8 Å². The first-order valence-electron chi connectivity index (χ1n) is 9.38. The Labute approximate surface area is 150 Å². The summed E-state index contributed by atoms with van der Waals surface area (Å²) in [5.74, 6) is 0. The molecule has 0 fully saturated rings. The summed E-state index contributed by atoms with van der Waals surface area (Å²) in [6, 6.07) is 4.38. The van der Waals surface area contributed by atoms with Crippen LogP contribution in [0.4, 0.5) is 5.69 Å². The van der Waals surface area contributed by atoms with Gasteiger partial charge in [-0.15, -0.1) is 0 Å². The van der Waals surface area contributed by atoms with Gasteiger partial charge < -0.3 is 10.7 Å². The molecule has 0 atom stereocenters. The van der Waals surface area contributed by atoms with Crippen LogP contribution in [0.2, 0.25) is 0 Å². The number of allylic oxidation sites excluding steroid dienone is 1. The summed E-state index contributed by atoms with van der Waals surface area (Å²) in [6.07, 6.45) is 6.36. The largest absolute Gasteiger partial charge is 0.398 e. The summed E-state index contributed by atoms with van der Waals surface area (Å²) in [6.45, 7) is 10.6. The van der Waals surface area contributed by atoms with E-state index < -0.39 is 0 Å². The fraction of sp³-hybridized carbons (Fsp3) is 0.476. The molecule has 4 heteroatoms. The lowest BCUT2D eigenvalue weighted by atomic mass is 9.85. The van der Waals surface area contributed by atoms with E-state index in [4.69, 9.17) is 5.73 Å². The van der Waals surface area contributed by atoms with Crippen LogP contribution >= 0.6 is 0 Å². The molecule has 1 aromatic heterocycles. The number of hydrogen-bond donors (Lipinski definition) is 3. The lowest BCUT2D eigenvalue weighted by Crippen LogP contribution is -2.18. The van der Waals surface area contributed by atoms with Gasteiger partial charge in [0.1, 0.15) is 0 Å². The number of H-pyrrole nitrogens is 1. The summed E-state index contributed by atoms with van der Waals surface area (Å²) >= 11 is 0. The molecule has 4 N–H and O–H groups in total. The number of rotatable bonds is 0. The molecule has 0 saturated heterocycles. The maximum atomic E-state index is 6.37. The van der Waals surface area contributed by atoms with Crippen LogP contribution in [-0.4, -0.2) is 10.7 Å². The Balaban J connectivity index is 0.000000880. The number of anilines is 1. The van der Waals surface area contributed by atoms with Gasteiger partial charge in [-0.2, -0.15) is 5.10 Å². The van der Waals surface area contributed by atoms with Crippen molar-refractivity contribution in [2.45, 2.75) is 65.7 Å². The van der Waals surface area contributed by atoms with Crippen LogP contribution in [0.25, 0.3) is 10.9 Å². The fourth-order valence-corrected chi connectivity index (χ4v) is 3.77. The van der Waals surface area contributed by atoms with E-state index in [-0.39, 0.29) is 5.41 Å². The number of nitrogen functional groups attached to an aromatic ring is 1. The number of nitrogens with zero attached hydrogens (tertiary/aromatic N) is 1.